The first kappa shape index (κ1) is 29.6. The molecule has 46 heavy (non-hydrogen) atoms. The Balaban J connectivity index is 1.22. The van der Waals surface area contributed by atoms with E-state index in [1.807, 2.05) is 91.0 Å². The smallest absolute Gasteiger partial charge is 0.356 e. The van der Waals surface area contributed by atoms with Gasteiger partial charge in [-0.2, -0.15) is 4.98 Å². The van der Waals surface area contributed by atoms with Gasteiger partial charge in [-0.25, -0.2) is 14.8 Å². The van der Waals surface area contributed by atoms with E-state index in [9.17, 15) is 14.4 Å². The fraction of sp³-hybridized carbons (Fsp3) is 0.152. The summed E-state index contributed by atoms with van der Waals surface area (Å²) in [7, 11) is 0. The highest BCUT2D eigenvalue weighted by molar-refractivity contribution is 8.06. The third-order valence-corrected chi connectivity index (χ3v) is 10.1. The number of benzene rings is 3. The molecular formula is C33H27N7O4S2. The number of imidazole rings is 1. The van der Waals surface area contributed by atoms with Crippen LogP contribution in [-0.4, -0.2) is 59.8 Å². The molecule has 1 unspecified atom stereocenters. The zero-order chi connectivity index (χ0) is 31.6. The van der Waals surface area contributed by atoms with Gasteiger partial charge in [0.2, 0.25) is 11.9 Å². The van der Waals surface area contributed by atoms with Crippen molar-refractivity contribution in [1.82, 2.24) is 30.2 Å². The van der Waals surface area contributed by atoms with E-state index in [1.54, 1.807) is 0 Å². The summed E-state index contributed by atoms with van der Waals surface area (Å²) in [4.78, 5) is 58.7. The second kappa shape index (κ2) is 12.7. The lowest BCUT2D eigenvalue weighted by Crippen LogP contribution is -2.70. The van der Waals surface area contributed by atoms with Crippen molar-refractivity contribution in [1.29, 1.82) is 0 Å². The monoisotopic (exact) mass is 649 g/mol. The molecule has 13 heteroatoms. The van der Waals surface area contributed by atoms with Gasteiger partial charge in [0, 0.05) is 10.7 Å². The van der Waals surface area contributed by atoms with Gasteiger partial charge in [0.1, 0.15) is 27.7 Å². The van der Waals surface area contributed by atoms with E-state index in [0.29, 0.717) is 26.8 Å². The van der Waals surface area contributed by atoms with Crippen LogP contribution in [0.1, 0.15) is 22.8 Å². The molecule has 0 bridgehead atoms. The number of anilines is 1. The normalized spacial score (nSPS) is 17.5. The number of esters is 1. The molecule has 1 fully saturated rings. The number of carbonyl (C=O) groups is 3. The summed E-state index contributed by atoms with van der Waals surface area (Å²) in [5.74, 6) is -0.952. The molecule has 4 N–H and O–H groups in total. The number of thioether (sulfide) groups is 2. The second-order valence-corrected chi connectivity index (χ2v) is 12.8. The molecule has 2 aliphatic rings. The number of carbonyl (C=O) groups excluding carboxylic acids is 3. The fourth-order valence-corrected chi connectivity index (χ4v) is 7.96. The summed E-state index contributed by atoms with van der Waals surface area (Å²) < 4.78 is 6.24. The number of hydrogen-bond donors (Lipinski definition) is 3. The summed E-state index contributed by atoms with van der Waals surface area (Å²) in [5, 5.41) is 2.84. The van der Waals surface area contributed by atoms with Crippen LogP contribution in [0.3, 0.4) is 0 Å². The maximum absolute atomic E-state index is 14.3. The summed E-state index contributed by atoms with van der Waals surface area (Å²) >= 11 is 2.65. The Morgan fingerprint density at radius 2 is 1.65 bits per heavy atom. The van der Waals surface area contributed by atoms with Gasteiger partial charge >= 0.3 is 5.97 Å². The molecule has 5 aromatic rings. The first-order valence-electron chi connectivity index (χ1n) is 14.4. The van der Waals surface area contributed by atoms with Crippen molar-refractivity contribution in [2.45, 2.75) is 29.0 Å². The molecule has 2 aliphatic heterocycles. The highest BCUT2D eigenvalue weighted by atomic mass is 32.2. The second-order valence-electron chi connectivity index (χ2n) is 10.6. The topological polar surface area (TPSA) is 156 Å². The molecule has 0 aliphatic carbocycles. The lowest BCUT2D eigenvalue weighted by Gasteiger charge is -2.49. The third-order valence-electron chi connectivity index (χ3n) is 7.57. The van der Waals surface area contributed by atoms with Crippen molar-refractivity contribution in [2.24, 2.45) is 0 Å². The van der Waals surface area contributed by atoms with Gasteiger partial charge in [-0.1, -0.05) is 103 Å². The van der Waals surface area contributed by atoms with E-state index in [4.69, 9.17) is 10.5 Å². The number of hydrogen-bond acceptors (Lipinski definition) is 10. The molecule has 0 saturated carbocycles. The van der Waals surface area contributed by atoms with Gasteiger partial charge in [0.15, 0.2) is 11.8 Å². The Bertz CT molecular complexity index is 1920. The highest BCUT2D eigenvalue weighted by Gasteiger charge is 2.55. The van der Waals surface area contributed by atoms with Gasteiger partial charge in [0.25, 0.3) is 5.91 Å². The molecule has 2 atom stereocenters. The molecular weight excluding hydrogens is 623 g/mol. The molecule has 1 saturated heterocycles. The van der Waals surface area contributed by atoms with Crippen molar-refractivity contribution in [3.8, 4) is 0 Å². The van der Waals surface area contributed by atoms with E-state index in [-0.39, 0.29) is 24.0 Å². The van der Waals surface area contributed by atoms with Crippen LogP contribution in [0.25, 0.3) is 11.2 Å². The van der Waals surface area contributed by atoms with Crippen LogP contribution < -0.4 is 11.1 Å². The zero-order valence-corrected chi connectivity index (χ0v) is 25.8. The summed E-state index contributed by atoms with van der Waals surface area (Å²) in [6.45, 7) is 0. The Kier molecular flexibility index (Phi) is 8.16. The summed E-state index contributed by atoms with van der Waals surface area (Å²) in [6, 6.07) is 27.4. The average Bonchev–Trinajstić information content (AvgIpc) is 3.56. The SMILES string of the molecule is Nc1nc(SC2=C(C(=O)OC(c3ccccc3)c3ccccc3)N3C(=O)C(NC(=O)Cc4ccccc4)[C@H]3SC2)c2[nH]cnc2n1. The molecule has 230 valence electrons. The summed E-state index contributed by atoms with van der Waals surface area (Å²) in [5.41, 5.74) is 9.42. The predicted octanol–water partition coefficient (Wildman–Crippen LogP) is 4.21. The van der Waals surface area contributed by atoms with Crippen molar-refractivity contribution in [3.63, 3.8) is 0 Å². The number of nitrogens with two attached hydrogens (primary N) is 1. The lowest BCUT2D eigenvalue weighted by molar-refractivity contribution is -0.154. The average molecular weight is 650 g/mol. The van der Waals surface area contributed by atoms with Crippen LogP contribution >= 0.6 is 23.5 Å². The van der Waals surface area contributed by atoms with Gasteiger partial charge in [-0.05, 0) is 16.7 Å². The van der Waals surface area contributed by atoms with E-state index in [0.717, 1.165) is 16.7 Å². The van der Waals surface area contributed by atoms with E-state index in [1.165, 1.54) is 34.8 Å². The van der Waals surface area contributed by atoms with Crippen LogP contribution in [0.5, 0.6) is 0 Å². The molecule has 2 amide bonds. The first-order valence-corrected chi connectivity index (χ1v) is 16.3. The van der Waals surface area contributed by atoms with Crippen LogP contribution in [0, 0.1) is 0 Å². The number of ether oxygens (including phenoxy) is 1. The maximum atomic E-state index is 14.3. The van der Waals surface area contributed by atoms with Crippen molar-refractivity contribution in [2.75, 3.05) is 11.5 Å². The standard InChI is InChI=1S/C33H27N7O4S2/c34-33-38-28-24(35-18-36-28)29(39-33)46-22-17-45-31-25(37-23(41)16-19-10-4-1-5-11-19)30(42)40(31)26(22)32(43)44-27(20-12-6-2-7-13-20)21-14-8-3-9-15-21/h1-15,18,25,27,31H,16-17H2,(H,37,41)(H3,34,35,36,38,39)/t25?,31-/m1/s1. The van der Waals surface area contributed by atoms with Crippen LogP contribution in [0.15, 0.2) is 113 Å². The minimum atomic E-state index is -0.788. The Morgan fingerprint density at radius 3 is 2.33 bits per heavy atom. The molecule has 3 aromatic carbocycles. The Hall–Kier alpha value is -5.14. The van der Waals surface area contributed by atoms with Gasteiger partial charge in [-0.3, -0.25) is 14.5 Å². The molecule has 0 radical (unpaired) electrons. The number of amides is 2. The molecule has 0 spiro atoms. The molecule has 7 rings (SSSR count). The zero-order valence-electron chi connectivity index (χ0n) is 24.2. The number of nitrogens with zero attached hydrogens (tertiary/aromatic N) is 4. The first-order chi connectivity index (χ1) is 22.5. The van der Waals surface area contributed by atoms with E-state index >= 15 is 0 Å². The van der Waals surface area contributed by atoms with Crippen LogP contribution in [0.4, 0.5) is 5.95 Å². The summed E-state index contributed by atoms with van der Waals surface area (Å²) in [6.07, 6.45) is 0.900. The predicted molar refractivity (Wildman–Crippen MR) is 175 cm³/mol. The number of H-pyrrole nitrogens is 1. The third kappa shape index (κ3) is 5.82. The van der Waals surface area contributed by atoms with E-state index in [2.05, 4.69) is 25.3 Å². The molecule has 11 nitrogen and oxygen atoms in total. The fourth-order valence-electron chi connectivity index (χ4n) is 5.43. The number of nitrogen functional groups attached to an aromatic ring is 1. The lowest BCUT2D eigenvalue weighted by atomic mass is 10.0. The minimum absolute atomic E-state index is 0.0302. The van der Waals surface area contributed by atoms with Crippen molar-refractivity contribution >= 4 is 58.4 Å². The molecule has 2 aromatic heterocycles. The van der Waals surface area contributed by atoms with Gasteiger partial charge < -0.3 is 20.8 Å². The number of fused-ring (bicyclic) bond motifs is 2. The number of rotatable bonds is 9. The Labute approximate surface area is 272 Å². The Morgan fingerprint density at radius 1 is 1.00 bits per heavy atom. The van der Waals surface area contributed by atoms with E-state index < -0.39 is 29.4 Å². The maximum Gasteiger partial charge on any atom is 0.356 e. The number of aromatic amines is 1. The number of β-lactam (4-membered cyclic amide) rings is 1. The quantitative estimate of drug-likeness (QED) is 0.120. The number of nitrogens with one attached hydrogen (secondary N) is 2. The van der Waals surface area contributed by atoms with Crippen LogP contribution in [0.2, 0.25) is 0 Å². The van der Waals surface area contributed by atoms with Crippen LogP contribution in [-0.2, 0) is 25.5 Å². The largest absolute Gasteiger partial charge is 0.448 e. The van der Waals surface area contributed by atoms with Crippen molar-refractivity contribution < 1.29 is 19.1 Å². The minimum Gasteiger partial charge on any atom is -0.448 e. The van der Waals surface area contributed by atoms with Crippen molar-refractivity contribution in [3.05, 3.63) is 125 Å². The van der Waals surface area contributed by atoms with Gasteiger partial charge in [0.05, 0.1) is 12.7 Å². The van der Waals surface area contributed by atoms with Gasteiger partial charge in [-0.15, -0.1) is 11.8 Å². The number of aromatic nitrogens is 4. The highest BCUT2D eigenvalue weighted by Crippen LogP contribution is 2.46. The molecule has 4 heterocycles.